The molecule has 34 heavy (non-hydrogen) atoms. The number of hydrogen-bond donors (Lipinski definition) is 2. The van der Waals surface area contributed by atoms with Crippen LogP contribution in [0.4, 0.5) is 10.6 Å². The fraction of sp³-hybridized carbons (Fsp3) is 0.280. The molecule has 9 heteroatoms. The molecule has 0 saturated carbocycles. The molecule has 0 aliphatic carbocycles. The van der Waals surface area contributed by atoms with Gasteiger partial charge in [-0.3, -0.25) is 0 Å². The number of nitrogens with one attached hydrogen (secondary N) is 2. The molecule has 0 radical (unpaired) electrons. The average molecular weight is 461 g/mol. The molecule has 2 N–H and O–H groups in total. The van der Waals surface area contributed by atoms with Crippen LogP contribution in [0.25, 0.3) is 16.6 Å². The lowest BCUT2D eigenvalue weighted by Crippen LogP contribution is -2.21. The van der Waals surface area contributed by atoms with Crippen molar-refractivity contribution in [1.82, 2.24) is 25.3 Å². The molecule has 4 rings (SSSR count). The van der Waals surface area contributed by atoms with Crippen LogP contribution in [0.2, 0.25) is 0 Å². The molecule has 9 nitrogen and oxygen atoms in total. The summed E-state index contributed by atoms with van der Waals surface area (Å²) in [5, 5.41) is 19.8. The highest BCUT2D eigenvalue weighted by Crippen LogP contribution is 2.33. The van der Waals surface area contributed by atoms with Crippen molar-refractivity contribution in [2.75, 3.05) is 26.0 Å². The maximum Gasteiger partial charge on any atom is 0.406 e. The average Bonchev–Trinajstić information content (AvgIpc) is 3.22. The first-order valence-electron chi connectivity index (χ1n) is 11.1. The Morgan fingerprint density at radius 1 is 1.03 bits per heavy atom. The van der Waals surface area contributed by atoms with E-state index in [0.717, 1.165) is 33.5 Å². The first kappa shape index (κ1) is 23.0. The number of anilines is 1. The smallest absolute Gasteiger partial charge is 0.406 e. The second kappa shape index (κ2) is 10.2. The number of benzene rings is 2. The van der Waals surface area contributed by atoms with Crippen molar-refractivity contribution >= 4 is 22.8 Å². The number of rotatable bonds is 8. The molecule has 1 unspecified atom stereocenters. The summed E-state index contributed by atoms with van der Waals surface area (Å²) in [5.41, 5.74) is 4.28. The highest BCUT2D eigenvalue weighted by Gasteiger charge is 2.21. The van der Waals surface area contributed by atoms with E-state index in [2.05, 4.69) is 20.8 Å². The Morgan fingerprint density at radius 3 is 2.50 bits per heavy atom. The monoisotopic (exact) mass is 460 g/mol. The number of ether oxygens (including phenoxy) is 2. The minimum absolute atomic E-state index is 0.216. The third-order valence-corrected chi connectivity index (χ3v) is 5.59. The zero-order valence-electron chi connectivity index (χ0n) is 19.7. The van der Waals surface area contributed by atoms with Gasteiger partial charge in [-0.05, 0) is 31.5 Å². The van der Waals surface area contributed by atoms with Gasteiger partial charge in [0.15, 0.2) is 5.82 Å². The predicted octanol–water partition coefficient (Wildman–Crippen LogP) is 4.34. The summed E-state index contributed by atoms with van der Waals surface area (Å²) < 4.78 is 13.6. The summed E-state index contributed by atoms with van der Waals surface area (Å²) in [5.74, 6) is 1.28. The van der Waals surface area contributed by atoms with Gasteiger partial charge in [-0.1, -0.05) is 42.5 Å². The van der Waals surface area contributed by atoms with Crippen LogP contribution in [-0.2, 0) is 4.74 Å². The minimum Gasteiger partial charge on any atom is -0.483 e. The molecule has 2 aromatic carbocycles. The van der Waals surface area contributed by atoms with Crippen LogP contribution in [0.5, 0.6) is 5.75 Å². The second-order valence-corrected chi connectivity index (χ2v) is 7.76. The van der Waals surface area contributed by atoms with Gasteiger partial charge in [0.2, 0.25) is 0 Å². The van der Waals surface area contributed by atoms with Gasteiger partial charge in [0, 0.05) is 20.5 Å². The van der Waals surface area contributed by atoms with Crippen LogP contribution in [-0.4, -0.2) is 46.8 Å². The Kier molecular flexibility index (Phi) is 6.91. The molecule has 1 amide bonds. The highest BCUT2D eigenvalue weighted by atomic mass is 16.5. The Bertz CT molecular complexity index is 1290. The van der Waals surface area contributed by atoms with E-state index in [0.29, 0.717) is 18.0 Å². The van der Waals surface area contributed by atoms with Gasteiger partial charge < -0.3 is 20.1 Å². The normalized spacial score (nSPS) is 11.8. The maximum absolute atomic E-state index is 11.5. The van der Waals surface area contributed by atoms with E-state index in [1.807, 2.05) is 73.1 Å². The Morgan fingerprint density at radius 2 is 1.76 bits per heavy atom. The third-order valence-electron chi connectivity index (χ3n) is 5.59. The Balaban J connectivity index is 1.72. The number of fused-ring (bicyclic) bond motifs is 1. The molecule has 0 bridgehead atoms. The predicted molar refractivity (Wildman–Crippen MR) is 131 cm³/mol. The van der Waals surface area contributed by atoms with Gasteiger partial charge in [-0.2, -0.15) is 10.2 Å². The van der Waals surface area contributed by atoms with E-state index in [1.165, 1.54) is 7.05 Å². The number of nitrogens with zero attached hydrogens (tertiary/aromatic N) is 4. The van der Waals surface area contributed by atoms with Gasteiger partial charge in [0.25, 0.3) is 0 Å². The molecule has 2 heterocycles. The fourth-order valence-electron chi connectivity index (χ4n) is 3.90. The summed E-state index contributed by atoms with van der Waals surface area (Å²) in [4.78, 5) is 11.5. The van der Waals surface area contributed by atoms with E-state index in [1.54, 1.807) is 7.05 Å². The van der Waals surface area contributed by atoms with E-state index >= 15 is 0 Å². The molecule has 2 aromatic heterocycles. The fourth-order valence-corrected chi connectivity index (χ4v) is 3.90. The number of amides is 1. The van der Waals surface area contributed by atoms with Crippen LogP contribution in [0.1, 0.15) is 29.5 Å². The summed E-state index contributed by atoms with van der Waals surface area (Å²) >= 11 is 0. The lowest BCUT2D eigenvalue weighted by atomic mass is 10.1. The van der Waals surface area contributed by atoms with Crippen LogP contribution < -0.4 is 15.4 Å². The van der Waals surface area contributed by atoms with Gasteiger partial charge in [-0.15, -0.1) is 5.10 Å². The van der Waals surface area contributed by atoms with E-state index in [4.69, 9.17) is 14.6 Å². The van der Waals surface area contributed by atoms with E-state index in [-0.39, 0.29) is 12.7 Å². The molecule has 0 aliphatic heterocycles. The number of para-hydroxylation sites is 2. The Hall–Kier alpha value is -4.14. The lowest BCUT2D eigenvalue weighted by molar-refractivity contribution is 0.117. The number of aryl methyl sites for hydroxylation is 2. The van der Waals surface area contributed by atoms with Crippen LogP contribution >= 0.6 is 0 Å². The van der Waals surface area contributed by atoms with Gasteiger partial charge in [-0.25, -0.2) is 9.48 Å². The van der Waals surface area contributed by atoms with Crippen LogP contribution in [0, 0.1) is 13.8 Å². The van der Waals surface area contributed by atoms with Crippen molar-refractivity contribution in [2.45, 2.75) is 26.4 Å². The summed E-state index contributed by atoms with van der Waals surface area (Å²) in [7, 11) is 3.34. The van der Waals surface area contributed by atoms with E-state index < -0.39 is 6.09 Å². The molecule has 176 valence electrons. The molecule has 0 fully saturated rings. The topological polar surface area (TPSA) is 103 Å². The highest BCUT2D eigenvalue weighted by molar-refractivity contribution is 5.92. The molecule has 0 aliphatic rings. The van der Waals surface area contributed by atoms with Gasteiger partial charge >= 0.3 is 6.09 Å². The van der Waals surface area contributed by atoms with Crippen LogP contribution in [0.15, 0.2) is 54.6 Å². The standard InChI is InChI=1S/C25H28N6O3/c1-16-22-17(2)31(30-23(22)24(26-3)29-28-16)19-12-8-9-13-21(19)34-20(14-15-33-25(32)27-4)18-10-6-5-7-11-18/h5-13,20H,14-15H2,1-4H3,(H,26,29)(H,27,32). The Labute approximate surface area is 198 Å². The lowest BCUT2D eigenvalue weighted by Gasteiger charge is -2.22. The summed E-state index contributed by atoms with van der Waals surface area (Å²) in [6.45, 7) is 4.15. The molecular weight excluding hydrogens is 432 g/mol. The molecule has 0 spiro atoms. The molecular formula is C25H28N6O3. The van der Waals surface area contributed by atoms with Crippen molar-refractivity contribution in [1.29, 1.82) is 0 Å². The largest absolute Gasteiger partial charge is 0.483 e. The van der Waals surface area contributed by atoms with Crippen molar-refractivity contribution in [2.24, 2.45) is 0 Å². The van der Waals surface area contributed by atoms with Gasteiger partial charge in [0.05, 0.1) is 23.4 Å². The number of carbonyl (C=O) groups excluding carboxylic acids is 1. The summed E-state index contributed by atoms with van der Waals surface area (Å²) in [6.07, 6.45) is -0.304. The first-order valence-corrected chi connectivity index (χ1v) is 11.1. The zero-order chi connectivity index (χ0) is 24.1. The van der Waals surface area contributed by atoms with Crippen molar-refractivity contribution in [3.8, 4) is 11.4 Å². The summed E-state index contributed by atoms with van der Waals surface area (Å²) in [6, 6.07) is 17.6. The molecule has 4 aromatic rings. The second-order valence-electron chi connectivity index (χ2n) is 7.76. The minimum atomic E-state index is -0.469. The number of hydrogen-bond acceptors (Lipinski definition) is 7. The quantitative estimate of drug-likeness (QED) is 0.403. The SMILES string of the molecule is CNC(=O)OCCC(Oc1ccccc1-n1nc2c(NC)nnc(C)c2c1C)c1ccccc1. The van der Waals surface area contributed by atoms with Gasteiger partial charge in [0.1, 0.15) is 23.1 Å². The maximum atomic E-state index is 11.5. The first-order chi connectivity index (χ1) is 16.5. The van der Waals surface area contributed by atoms with Crippen molar-refractivity contribution in [3.05, 3.63) is 71.5 Å². The van der Waals surface area contributed by atoms with E-state index in [9.17, 15) is 4.79 Å². The molecule has 0 saturated heterocycles. The van der Waals surface area contributed by atoms with Crippen molar-refractivity contribution in [3.63, 3.8) is 0 Å². The molecule has 1 atom stereocenters. The van der Waals surface area contributed by atoms with Crippen molar-refractivity contribution < 1.29 is 14.3 Å². The number of aromatic nitrogens is 4. The zero-order valence-corrected chi connectivity index (χ0v) is 19.7. The van der Waals surface area contributed by atoms with Crippen LogP contribution in [0.3, 0.4) is 0 Å². The number of carbonyl (C=O) groups is 1. The third kappa shape index (κ3) is 4.63. The number of alkyl carbamates (subject to hydrolysis) is 1.